The second kappa shape index (κ2) is 6.55. The van der Waals surface area contributed by atoms with Crippen LogP contribution in [0.1, 0.15) is 31.4 Å². The van der Waals surface area contributed by atoms with Gasteiger partial charge in [0.15, 0.2) is 9.84 Å². The molecule has 0 spiro atoms. The van der Waals surface area contributed by atoms with Crippen LogP contribution in [0, 0.1) is 19.3 Å². The molecule has 24 heavy (non-hydrogen) atoms. The molecule has 2 amide bonds. The predicted octanol–water partition coefficient (Wildman–Crippen LogP) is 1.57. The first-order valence-corrected chi connectivity index (χ1v) is 9.74. The van der Waals surface area contributed by atoms with Crippen LogP contribution in [-0.4, -0.2) is 37.8 Å². The van der Waals surface area contributed by atoms with Crippen molar-refractivity contribution in [1.82, 2.24) is 5.32 Å². The number of hydrogen-bond donors (Lipinski definition) is 2. The van der Waals surface area contributed by atoms with E-state index in [1.807, 2.05) is 26.0 Å². The van der Waals surface area contributed by atoms with Gasteiger partial charge in [0.1, 0.15) is 5.41 Å². The van der Waals surface area contributed by atoms with Crippen molar-refractivity contribution in [2.75, 3.05) is 16.8 Å². The molecule has 1 atom stereocenters. The van der Waals surface area contributed by atoms with Crippen molar-refractivity contribution in [3.63, 3.8) is 0 Å². The maximum Gasteiger partial charge on any atom is 0.239 e. The van der Waals surface area contributed by atoms with Crippen LogP contribution >= 0.6 is 0 Å². The lowest BCUT2D eigenvalue weighted by molar-refractivity contribution is -0.138. The van der Waals surface area contributed by atoms with Gasteiger partial charge < -0.3 is 10.6 Å². The summed E-state index contributed by atoms with van der Waals surface area (Å²) < 4.78 is 23.0. The fourth-order valence-electron chi connectivity index (χ4n) is 2.54. The van der Waals surface area contributed by atoms with Crippen LogP contribution in [0.15, 0.2) is 18.2 Å². The maximum absolute atomic E-state index is 12.6. The van der Waals surface area contributed by atoms with E-state index in [2.05, 4.69) is 10.6 Å². The monoisotopic (exact) mass is 352 g/mol. The largest absolute Gasteiger partial charge is 0.351 e. The van der Waals surface area contributed by atoms with Crippen LogP contribution in [0.5, 0.6) is 0 Å². The van der Waals surface area contributed by atoms with Gasteiger partial charge >= 0.3 is 0 Å². The summed E-state index contributed by atoms with van der Waals surface area (Å²) >= 11 is 0. The van der Waals surface area contributed by atoms with Crippen LogP contribution < -0.4 is 10.6 Å². The number of benzene rings is 1. The number of hydrogen-bond acceptors (Lipinski definition) is 4. The minimum atomic E-state index is -3.08. The summed E-state index contributed by atoms with van der Waals surface area (Å²) in [6, 6.07) is 5.16. The molecule has 1 saturated heterocycles. The van der Waals surface area contributed by atoms with E-state index in [-0.39, 0.29) is 11.5 Å². The minimum absolute atomic E-state index is 0.0621. The van der Waals surface area contributed by atoms with Crippen molar-refractivity contribution in [2.24, 2.45) is 5.41 Å². The molecule has 0 bridgehead atoms. The Hall–Kier alpha value is -1.89. The van der Waals surface area contributed by atoms with Gasteiger partial charge in [0.2, 0.25) is 11.8 Å². The van der Waals surface area contributed by atoms with Gasteiger partial charge in [0, 0.05) is 11.7 Å². The average Bonchev–Trinajstić information content (AvgIpc) is 2.82. The average molecular weight is 352 g/mol. The molecule has 1 fully saturated rings. The van der Waals surface area contributed by atoms with Crippen LogP contribution in [0.3, 0.4) is 0 Å². The molecular formula is C17H24N2O4S. The smallest absolute Gasteiger partial charge is 0.239 e. The van der Waals surface area contributed by atoms with Gasteiger partial charge in [-0.25, -0.2) is 8.42 Å². The van der Waals surface area contributed by atoms with Crippen molar-refractivity contribution in [1.29, 1.82) is 0 Å². The molecule has 0 saturated carbocycles. The van der Waals surface area contributed by atoms with Gasteiger partial charge in [-0.2, -0.15) is 0 Å². The number of aryl methyl sites for hydroxylation is 1. The predicted molar refractivity (Wildman–Crippen MR) is 93.5 cm³/mol. The molecule has 2 N–H and O–H groups in total. The number of nitrogens with one attached hydrogen (secondary N) is 2. The Morgan fingerprint density at radius 1 is 1.17 bits per heavy atom. The van der Waals surface area contributed by atoms with E-state index in [1.54, 1.807) is 6.07 Å². The van der Waals surface area contributed by atoms with E-state index in [9.17, 15) is 18.0 Å². The molecule has 1 heterocycles. The maximum atomic E-state index is 12.6. The Balaban J connectivity index is 2.07. The van der Waals surface area contributed by atoms with Gasteiger partial charge in [-0.15, -0.1) is 0 Å². The molecule has 2 rings (SSSR count). The fourth-order valence-corrected chi connectivity index (χ4v) is 4.22. The number of anilines is 1. The molecule has 6 nitrogen and oxygen atoms in total. The summed E-state index contributed by atoms with van der Waals surface area (Å²) in [6.07, 6.45) is 0.392. The van der Waals surface area contributed by atoms with Crippen molar-refractivity contribution in [3.05, 3.63) is 29.3 Å². The van der Waals surface area contributed by atoms with E-state index in [0.717, 1.165) is 11.1 Å². The molecule has 1 aromatic carbocycles. The summed E-state index contributed by atoms with van der Waals surface area (Å²) in [5.74, 6) is -0.873. The Bertz CT molecular complexity index is 769. The lowest BCUT2D eigenvalue weighted by Crippen LogP contribution is -2.49. The lowest BCUT2D eigenvalue weighted by Gasteiger charge is -2.25. The molecule has 0 aliphatic carbocycles. The number of rotatable bonds is 4. The third kappa shape index (κ3) is 3.95. The number of carbonyl (C=O) groups excluding carboxylic acids is 2. The molecule has 0 radical (unpaired) electrons. The molecular weight excluding hydrogens is 328 g/mol. The van der Waals surface area contributed by atoms with Crippen molar-refractivity contribution in [2.45, 2.75) is 40.2 Å². The summed E-state index contributed by atoms with van der Waals surface area (Å²) in [7, 11) is -3.08. The number of carbonyl (C=O) groups is 2. The zero-order chi connectivity index (χ0) is 18.1. The van der Waals surface area contributed by atoms with E-state index in [4.69, 9.17) is 0 Å². The zero-order valence-electron chi connectivity index (χ0n) is 14.5. The zero-order valence-corrected chi connectivity index (χ0v) is 15.3. The standard InChI is InChI=1S/C17H24N2O4S/c1-11-6-5-7-14(12(11)2)19-16(21)17(3,4)15(20)18-13-8-9-24(22,23)10-13/h5-7,13H,8-10H2,1-4H3,(H,18,20)(H,19,21). The third-order valence-electron chi connectivity index (χ3n) is 4.56. The van der Waals surface area contributed by atoms with Crippen molar-refractivity contribution in [3.8, 4) is 0 Å². The summed E-state index contributed by atoms with van der Waals surface area (Å²) in [5.41, 5.74) is 1.36. The molecule has 132 valence electrons. The second-order valence-electron chi connectivity index (χ2n) is 6.90. The highest BCUT2D eigenvalue weighted by Gasteiger charge is 2.39. The highest BCUT2D eigenvalue weighted by Crippen LogP contribution is 2.23. The summed E-state index contributed by atoms with van der Waals surface area (Å²) in [4.78, 5) is 25.0. The third-order valence-corrected chi connectivity index (χ3v) is 6.32. The van der Waals surface area contributed by atoms with Crippen molar-refractivity contribution >= 4 is 27.3 Å². The van der Waals surface area contributed by atoms with E-state index in [1.165, 1.54) is 13.8 Å². The van der Waals surface area contributed by atoms with Crippen LogP contribution in [0.25, 0.3) is 0 Å². The quantitative estimate of drug-likeness (QED) is 0.805. The topological polar surface area (TPSA) is 92.3 Å². The fraction of sp³-hybridized carbons (Fsp3) is 0.529. The first-order valence-electron chi connectivity index (χ1n) is 7.92. The van der Waals surface area contributed by atoms with Gasteiger partial charge in [-0.1, -0.05) is 12.1 Å². The van der Waals surface area contributed by atoms with E-state index in [0.29, 0.717) is 12.1 Å². The minimum Gasteiger partial charge on any atom is -0.351 e. The van der Waals surface area contributed by atoms with Crippen LogP contribution in [-0.2, 0) is 19.4 Å². The molecule has 0 aromatic heterocycles. The first kappa shape index (κ1) is 18.4. The van der Waals surface area contributed by atoms with Crippen LogP contribution in [0.4, 0.5) is 5.69 Å². The Morgan fingerprint density at radius 3 is 2.42 bits per heavy atom. The summed E-state index contributed by atoms with van der Waals surface area (Å²) in [6.45, 7) is 6.92. The number of amides is 2. The van der Waals surface area contributed by atoms with Gasteiger partial charge in [0.05, 0.1) is 11.5 Å². The summed E-state index contributed by atoms with van der Waals surface area (Å²) in [5, 5.41) is 5.48. The Kier molecular flexibility index (Phi) is 5.03. The number of sulfone groups is 1. The van der Waals surface area contributed by atoms with Gasteiger partial charge in [-0.05, 0) is 51.3 Å². The highest BCUT2D eigenvalue weighted by atomic mass is 32.2. The lowest BCUT2D eigenvalue weighted by atomic mass is 9.90. The molecule has 7 heteroatoms. The highest BCUT2D eigenvalue weighted by molar-refractivity contribution is 7.91. The van der Waals surface area contributed by atoms with Crippen molar-refractivity contribution < 1.29 is 18.0 Å². The van der Waals surface area contributed by atoms with E-state index >= 15 is 0 Å². The van der Waals surface area contributed by atoms with E-state index < -0.39 is 33.1 Å². The normalized spacial score (nSPS) is 19.8. The Morgan fingerprint density at radius 2 is 1.83 bits per heavy atom. The van der Waals surface area contributed by atoms with Gasteiger partial charge in [-0.3, -0.25) is 9.59 Å². The van der Waals surface area contributed by atoms with Gasteiger partial charge in [0.25, 0.3) is 0 Å². The first-order chi connectivity index (χ1) is 11.0. The Labute approximate surface area is 142 Å². The second-order valence-corrected chi connectivity index (χ2v) is 9.13. The SMILES string of the molecule is Cc1cccc(NC(=O)C(C)(C)C(=O)NC2CCS(=O)(=O)C2)c1C. The molecule has 1 aliphatic rings. The molecule has 1 aromatic rings. The molecule has 1 aliphatic heterocycles. The van der Waals surface area contributed by atoms with Crippen LogP contribution in [0.2, 0.25) is 0 Å². The molecule has 1 unspecified atom stereocenters.